The maximum atomic E-state index is 10.6. The van der Waals surface area contributed by atoms with E-state index in [1.807, 2.05) is 24.3 Å². The molecule has 0 radical (unpaired) electrons. The Hall–Kier alpha value is -3.99. The molecule has 4 aromatic carbocycles. The topological polar surface area (TPSA) is 68.1 Å². The van der Waals surface area contributed by atoms with E-state index in [1.54, 1.807) is 12.1 Å². The number of hydrogen-bond donors (Lipinski definition) is 1. The third kappa shape index (κ3) is 6.77. The van der Waals surface area contributed by atoms with Gasteiger partial charge in [-0.2, -0.15) is 9.97 Å². The van der Waals surface area contributed by atoms with Crippen molar-refractivity contribution >= 4 is 21.5 Å². The van der Waals surface area contributed by atoms with Crippen LogP contribution in [0.5, 0.6) is 11.8 Å². The normalized spacial score (nSPS) is 11.3. The van der Waals surface area contributed by atoms with Crippen molar-refractivity contribution in [2.24, 2.45) is 0 Å². The lowest BCUT2D eigenvalue weighted by Crippen LogP contribution is -2.05. The van der Waals surface area contributed by atoms with Crippen LogP contribution in [0.3, 0.4) is 0 Å². The van der Waals surface area contributed by atoms with Crippen LogP contribution < -0.4 is 4.74 Å². The Balaban J connectivity index is 1.36. The van der Waals surface area contributed by atoms with Crippen molar-refractivity contribution in [2.75, 3.05) is 6.61 Å². The van der Waals surface area contributed by atoms with Gasteiger partial charge in [0, 0.05) is 5.56 Å². The van der Waals surface area contributed by atoms with E-state index >= 15 is 0 Å². The zero-order valence-electron chi connectivity index (χ0n) is 23.5. The lowest BCUT2D eigenvalue weighted by molar-refractivity contribution is 0.281. The number of aromatic hydroxyl groups is 1. The van der Waals surface area contributed by atoms with Crippen LogP contribution in [0.25, 0.3) is 44.3 Å². The summed E-state index contributed by atoms with van der Waals surface area (Å²) in [7, 11) is 0. The summed E-state index contributed by atoms with van der Waals surface area (Å²) in [6.45, 7) is 2.82. The molecule has 40 heavy (non-hydrogen) atoms. The van der Waals surface area contributed by atoms with Gasteiger partial charge in [0.25, 0.3) is 0 Å². The molecule has 5 rings (SSSR count). The van der Waals surface area contributed by atoms with Gasteiger partial charge in [-0.05, 0) is 46.2 Å². The van der Waals surface area contributed by atoms with Gasteiger partial charge in [0.15, 0.2) is 11.6 Å². The lowest BCUT2D eigenvalue weighted by Gasteiger charge is -2.13. The van der Waals surface area contributed by atoms with Crippen molar-refractivity contribution in [3.8, 4) is 34.5 Å². The number of ether oxygens (including phenoxy) is 1. The fourth-order valence-electron chi connectivity index (χ4n) is 5.32. The Bertz CT molecular complexity index is 1550. The highest BCUT2D eigenvalue weighted by atomic mass is 16.5. The van der Waals surface area contributed by atoms with Gasteiger partial charge < -0.3 is 9.84 Å². The van der Waals surface area contributed by atoms with Gasteiger partial charge >= 0.3 is 6.01 Å². The zero-order chi connectivity index (χ0) is 27.6. The second-order valence-electron chi connectivity index (χ2n) is 10.5. The Morgan fingerprint density at radius 1 is 0.575 bits per heavy atom. The van der Waals surface area contributed by atoms with E-state index in [1.165, 1.54) is 56.8 Å². The summed E-state index contributed by atoms with van der Waals surface area (Å²) in [6, 6.07) is 26.2. The molecule has 1 heterocycles. The van der Waals surface area contributed by atoms with Crippen LogP contribution in [0.1, 0.15) is 71.1 Å². The fourth-order valence-corrected chi connectivity index (χ4v) is 5.32. The maximum absolute atomic E-state index is 10.6. The largest absolute Gasteiger partial charge is 0.507 e. The summed E-state index contributed by atoms with van der Waals surface area (Å²) in [6.07, 6.45) is 12.7. The molecule has 0 aliphatic heterocycles. The van der Waals surface area contributed by atoms with Crippen molar-refractivity contribution in [3.63, 3.8) is 0 Å². The number of fused-ring (bicyclic) bond motifs is 3. The number of hydrogen-bond acceptors (Lipinski definition) is 5. The van der Waals surface area contributed by atoms with E-state index in [4.69, 9.17) is 14.7 Å². The van der Waals surface area contributed by atoms with E-state index in [0.29, 0.717) is 23.8 Å². The molecule has 1 aromatic heterocycles. The SMILES string of the molecule is CCCCCCCCCCCCOc1nc(-c2ccccc2O)nc(-c2cc3ccccc3c3ccccc23)n1. The zero-order valence-corrected chi connectivity index (χ0v) is 23.5. The first kappa shape index (κ1) is 27.6. The van der Waals surface area contributed by atoms with Crippen LogP contribution in [-0.2, 0) is 0 Å². The Morgan fingerprint density at radius 2 is 1.15 bits per heavy atom. The Morgan fingerprint density at radius 3 is 1.88 bits per heavy atom. The Labute approximate surface area is 237 Å². The van der Waals surface area contributed by atoms with Crippen LogP contribution in [-0.4, -0.2) is 26.7 Å². The summed E-state index contributed by atoms with van der Waals surface area (Å²) in [4.78, 5) is 14.2. The molecule has 0 aliphatic carbocycles. The summed E-state index contributed by atoms with van der Waals surface area (Å²) >= 11 is 0. The number of rotatable bonds is 14. The van der Waals surface area contributed by atoms with E-state index < -0.39 is 0 Å². The molecule has 0 amide bonds. The van der Waals surface area contributed by atoms with Crippen LogP contribution in [0.2, 0.25) is 0 Å². The second-order valence-corrected chi connectivity index (χ2v) is 10.5. The predicted molar refractivity (Wildman–Crippen MR) is 165 cm³/mol. The molecule has 0 spiro atoms. The molecule has 5 heteroatoms. The van der Waals surface area contributed by atoms with Gasteiger partial charge in [-0.3, -0.25) is 0 Å². The van der Waals surface area contributed by atoms with Gasteiger partial charge in [-0.25, -0.2) is 4.98 Å². The highest BCUT2D eigenvalue weighted by molar-refractivity contribution is 6.13. The number of unbranched alkanes of at least 4 members (excludes halogenated alkanes) is 9. The van der Waals surface area contributed by atoms with E-state index in [0.717, 1.165) is 34.6 Å². The minimum Gasteiger partial charge on any atom is -0.507 e. The molecule has 0 atom stereocenters. The van der Waals surface area contributed by atoms with E-state index in [2.05, 4.69) is 54.4 Å². The number of phenolic OH excluding ortho intramolecular Hbond substituents is 1. The summed E-state index contributed by atoms with van der Waals surface area (Å²) in [5.41, 5.74) is 1.47. The number of para-hydroxylation sites is 1. The van der Waals surface area contributed by atoms with E-state index in [-0.39, 0.29) is 11.8 Å². The number of aromatic nitrogens is 3. The lowest BCUT2D eigenvalue weighted by atomic mass is 9.97. The number of phenols is 1. The van der Waals surface area contributed by atoms with Gasteiger partial charge in [-0.1, -0.05) is 125 Å². The Kier molecular flexibility index (Phi) is 9.57. The van der Waals surface area contributed by atoms with Crippen LogP contribution in [0, 0.1) is 0 Å². The van der Waals surface area contributed by atoms with Crippen LogP contribution in [0.4, 0.5) is 0 Å². The summed E-state index contributed by atoms with van der Waals surface area (Å²) in [5, 5.41) is 15.1. The standard InChI is InChI=1S/C35H39N3O2/c1-2-3-4-5-6-7-8-9-10-17-24-40-35-37-33(30-22-15-16-23-32(30)39)36-34(38-35)31-25-26-18-11-12-19-27(26)28-20-13-14-21-29(28)31/h11-16,18-23,25,39H,2-10,17,24H2,1H3. The molecule has 1 N–H and O–H groups in total. The molecule has 0 saturated heterocycles. The third-order valence-corrected chi connectivity index (χ3v) is 7.50. The predicted octanol–water partition coefficient (Wildman–Crippen LogP) is 9.52. The van der Waals surface area contributed by atoms with E-state index in [9.17, 15) is 5.11 Å². The van der Waals surface area contributed by atoms with Crippen LogP contribution in [0.15, 0.2) is 78.9 Å². The molecular weight excluding hydrogens is 494 g/mol. The van der Waals surface area contributed by atoms with Gasteiger partial charge in [-0.15, -0.1) is 0 Å². The van der Waals surface area contributed by atoms with Crippen molar-refractivity contribution in [1.82, 2.24) is 15.0 Å². The van der Waals surface area contributed by atoms with Crippen LogP contribution >= 0.6 is 0 Å². The average molecular weight is 534 g/mol. The molecule has 5 aromatic rings. The van der Waals surface area contributed by atoms with Crippen molar-refractivity contribution < 1.29 is 9.84 Å². The fraction of sp³-hybridized carbons (Fsp3) is 0.343. The quantitative estimate of drug-likeness (QED) is 0.114. The van der Waals surface area contributed by atoms with Crippen molar-refractivity contribution in [3.05, 3.63) is 78.9 Å². The first-order valence-electron chi connectivity index (χ1n) is 14.8. The minimum atomic E-state index is 0.128. The third-order valence-electron chi connectivity index (χ3n) is 7.50. The molecule has 0 unspecified atom stereocenters. The highest BCUT2D eigenvalue weighted by Crippen LogP contribution is 2.35. The van der Waals surface area contributed by atoms with Gasteiger partial charge in [0.1, 0.15) is 5.75 Å². The average Bonchev–Trinajstić information content (AvgIpc) is 2.99. The number of benzene rings is 4. The minimum absolute atomic E-state index is 0.128. The maximum Gasteiger partial charge on any atom is 0.320 e. The first-order chi connectivity index (χ1) is 19.7. The number of nitrogens with zero attached hydrogens (tertiary/aromatic N) is 3. The molecule has 5 nitrogen and oxygen atoms in total. The second kappa shape index (κ2) is 13.9. The molecular formula is C35H39N3O2. The first-order valence-corrected chi connectivity index (χ1v) is 14.8. The molecule has 0 aliphatic rings. The van der Waals surface area contributed by atoms with Gasteiger partial charge in [0.05, 0.1) is 12.2 Å². The smallest absolute Gasteiger partial charge is 0.320 e. The molecule has 0 saturated carbocycles. The molecule has 0 fully saturated rings. The molecule has 0 bridgehead atoms. The molecule has 206 valence electrons. The summed E-state index contributed by atoms with van der Waals surface area (Å²) in [5.74, 6) is 1.07. The van der Waals surface area contributed by atoms with Gasteiger partial charge in [0.2, 0.25) is 0 Å². The summed E-state index contributed by atoms with van der Waals surface area (Å²) < 4.78 is 6.10. The monoisotopic (exact) mass is 533 g/mol. The van der Waals surface area contributed by atoms with Crippen molar-refractivity contribution in [2.45, 2.75) is 71.1 Å². The highest BCUT2D eigenvalue weighted by Gasteiger charge is 2.17. The van der Waals surface area contributed by atoms with Crippen molar-refractivity contribution in [1.29, 1.82) is 0 Å².